The van der Waals surface area contributed by atoms with Gasteiger partial charge < -0.3 is 44.9 Å². The Morgan fingerprint density at radius 1 is 0.493 bits per heavy atom. The van der Waals surface area contributed by atoms with Gasteiger partial charge in [-0.05, 0) is 0 Å². The zero-order valence-corrected chi connectivity index (χ0v) is 35.5. The summed E-state index contributed by atoms with van der Waals surface area (Å²) in [7, 11) is 0. The Hall–Kier alpha value is -2.51. The molecule has 67 heavy (non-hydrogen) atoms. The van der Waals surface area contributed by atoms with Gasteiger partial charge >= 0.3 is 99.4 Å². The van der Waals surface area contributed by atoms with Crippen LogP contribution in [0.2, 0.25) is 0 Å². The zero-order chi connectivity index (χ0) is 51.9. The molecule has 1 amide bonds. The average Bonchev–Trinajstić information content (AvgIpc) is 3.14. The van der Waals surface area contributed by atoms with E-state index in [1.807, 2.05) is 5.32 Å². The first-order valence-corrected chi connectivity index (χ1v) is 18.0. The number of nitrogens with zero attached hydrogens (tertiary/aromatic N) is 4. The Balaban J connectivity index is 0.0000436. The maximum absolute atomic E-state index is 14.2. The van der Waals surface area contributed by atoms with Gasteiger partial charge in [0.15, 0.2) is 0 Å². The summed E-state index contributed by atoms with van der Waals surface area (Å²) in [5.41, 5.74) is 0. The van der Waals surface area contributed by atoms with Gasteiger partial charge in [-0.1, -0.05) is 0 Å². The number of aliphatic hydroxyl groups is 1. The van der Waals surface area contributed by atoms with Crippen LogP contribution in [0.3, 0.4) is 0 Å². The van der Waals surface area contributed by atoms with Crippen LogP contribution in [0.25, 0.3) is 0 Å². The Morgan fingerprint density at radius 3 is 1.07 bits per heavy atom. The average molecular weight is 1180 g/mol. The van der Waals surface area contributed by atoms with Crippen LogP contribution in [-0.4, -0.2) is 212 Å². The molecule has 1 rings (SSSR count). The molecule has 393 valence electrons. The number of aliphatic carboxylic acids is 3. The number of amides is 1. The van der Waals surface area contributed by atoms with E-state index in [1.165, 1.54) is 19.6 Å². The van der Waals surface area contributed by atoms with Crippen molar-refractivity contribution in [1.82, 2.24) is 24.9 Å². The smallest absolute Gasteiger partial charge is 0.549 e. The van der Waals surface area contributed by atoms with Crippen LogP contribution in [0, 0.1) is 39.9 Å². The van der Waals surface area contributed by atoms with Gasteiger partial charge in [0.05, 0.1) is 30.6 Å². The van der Waals surface area contributed by atoms with Crippen molar-refractivity contribution in [1.29, 1.82) is 0 Å². The number of carbonyl (C=O) groups is 4. The van der Waals surface area contributed by atoms with Crippen molar-refractivity contribution in [3.63, 3.8) is 0 Å². The molecule has 0 spiro atoms. The second kappa shape index (κ2) is 23.6. The molecule has 0 aromatic heterocycles. The molecule has 1 aliphatic heterocycles. The predicted molar refractivity (Wildman–Crippen MR) is 166 cm³/mol. The fourth-order valence-corrected chi connectivity index (χ4v) is 5.54. The molecule has 1 radical (unpaired) electrons. The van der Waals surface area contributed by atoms with Crippen molar-refractivity contribution in [3.05, 3.63) is 0 Å². The molecule has 1 saturated heterocycles. The molecular weight excluding hydrogens is 1140 g/mol. The van der Waals surface area contributed by atoms with E-state index in [4.69, 9.17) is 0 Å². The topological polar surface area (TPSA) is 192 Å². The zero-order valence-electron chi connectivity index (χ0n) is 33.2. The van der Waals surface area contributed by atoms with Crippen LogP contribution in [0.5, 0.6) is 0 Å². The van der Waals surface area contributed by atoms with Gasteiger partial charge in [-0.15, -0.1) is 0 Å². The number of hydrogen-bond donors (Lipinski definition) is 2. The van der Waals surface area contributed by atoms with E-state index in [0.29, 0.717) is 0 Å². The fraction of sp³-hybridized carbons (Fsp3) is 0.871. The minimum absolute atomic E-state index is 0. The van der Waals surface area contributed by atoms with E-state index >= 15 is 0 Å². The van der Waals surface area contributed by atoms with Gasteiger partial charge in [-0.2, -0.15) is 92.2 Å². The third kappa shape index (κ3) is 14.8. The molecule has 14 nitrogen and oxygen atoms in total. The number of nitrogens with one attached hydrogen (secondary N) is 1. The van der Waals surface area contributed by atoms with Crippen molar-refractivity contribution < 1.29 is 176 Å². The molecule has 0 saturated carbocycles. The van der Waals surface area contributed by atoms with Gasteiger partial charge in [-0.25, -0.2) is 0 Å². The molecule has 1 heterocycles. The fourth-order valence-electron chi connectivity index (χ4n) is 5.54. The van der Waals surface area contributed by atoms with Gasteiger partial charge in [0.2, 0.25) is 5.91 Å². The summed E-state index contributed by atoms with van der Waals surface area (Å²) in [6, 6.07) is 0. The Kier molecular flexibility index (Phi) is 22.7. The monoisotopic (exact) mass is 1180 g/mol. The van der Waals surface area contributed by atoms with Crippen LogP contribution in [0.1, 0.15) is 6.42 Å². The van der Waals surface area contributed by atoms with E-state index in [2.05, 4.69) is 4.74 Å². The predicted octanol–water partition coefficient (Wildman–Crippen LogP) is -0.378. The van der Waals surface area contributed by atoms with Crippen molar-refractivity contribution in [2.45, 2.75) is 72.0 Å². The molecule has 1 aliphatic rings. The summed E-state index contributed by atoms with van der Waals surface area (Å²) in [6.45, 7) is -7.79. The number of β-amino-alcohol motifs (C(OH)–C–C–N with tert-alkyl or cyclic N) is 1. The number of carboxylic acid groups (broad SMARTS) is 3. The third-order valence-corrected chi connectivity index (χ3v) is 9.36. The minimum atomic E-state index is -9.31. The number of halogens is 21. The van der Waals surface area contributed by atoms with Crippen LogP contribution in [0.15, 0.2) is 0 Å². The maximum atomic E-state index is 14.2. The minimum Gasteiger partial charge on any atom is -0.549 e. The molecular formula is C31H35F21GdN5O9. The van der Waals surface area contributed by atoms with Gasteiger partial charge in [0, 0.05) is 91.5 Å². The number of aliphatic hydroxyl groups excluding tert-OH is 1. The third-order valence-electron chi connectivity index (χ3n) is 9.36. The van der Waals surface area contributed by atoms with Crippen molar-refractivity contribution in [3.8, 4) is 0 Å². The summed E-state index contributed by atoms with van der Waals surface area (Å²) in [5.74, 6) is -84.5. The van der Waals surface area contributed by atoms with E-state index in [0.717, 1.165) is 0 Å². The molecule has 2 N–H and O–H groups in total. The number of carbonyl (C=O) groups excluding carboxylic acids is 4. The van der Waals surface area contributed by atoms with E-state index in [1.54, 1.807) is 0 Å². The quantitative estimate of drug-likeness (QED) is 0.0997. The molecule has 0 aromatic carbocycles. The summed E-state index contributed by atoms with van der Waals surface area (Å²) in [5, 5.41) is 46.1. The van der Waals surface area contributed by atoms with Crippen LogP contribution in [-0.2, 0) is 23.9 Å². The molecule has 36 heteroatoms. The number of ether oxygens (including phenoxy) is 1. The second-order valence-electron chi connectivity index (χ2n) is 14.3. The van der Waals surface area contributed by atoms with Gasteiger partial charge in [0.1, 0.15) is 6.61 Å². The van der Waals surface area contributed by atoms with Crippen molar-refractivity contribution >= 4 is 23.8 Å². The number of rotatable bonds is 23. The number of hydrogen-bond acceptors (Lipinski definition) is 13. The van der Waals surface area contributed by atoms with Crippen LogP contribution < -0.4 is 20.6 Å². The molecule has 0 bridgehead atoms. The number of alkyl halides is 21. The van der Waals surface area contributed by atoms with Crippen molar-refractivity contribution in [2.24, 2.45) is 0 Å². The van der Waals surface area contributed by atoms with Crippen molar-refractivity contribution in [2.75, 3.05) is 98.3 Å². The maximum Gasteiger partial charge on any atom is 3.00 e. The Labute approximate surface area is 394 Å². The van der Waals surface area contributed by atoms with E-state index < -0.39 is 142 Å². The standard InChI is InChI=1S/C31H38F21N5O9.Gd/c32-22(33,23(34,35)24(36,37)25(38,39)26(40,41)27(42,43)28(44,45)29(46,47)30(48,49)31(50,51)52)1-10-66-16-18(59)53-11-17(58)12-54-2-4-55(13-19(60)61)6-8-57(15-21(64)65)9-7-56(5-3-54)14-20(62)63;/h17,58H,1-16H2,(H,53,59)(H,60,61)(H,62,63)(H,64,65);/q;+3/p-3. The SMILES string of the molecule is O=C([O-])CN1CCN(CC(=O)[O-])CCN(CC(O)CNC(=O)COCCC(F)(F)C(F)(F)C(F)(F)C(F)(F)C(F)(F)C(F)(F)C(F)(F)C(F)(F)C(F)(F)C(F)(F)F)CCN(CC(=O)[O-])CC1.[Gd+3]. The van der Waals surface area contributed by atoms with Gasteiger partial charge in [-0.3, -0.25) is 24.4 Å². The summed E-state index contributed by atoms with van der Waals surface area (Å²) >= 11 is 0. The van der Waals surface area contributed by atoms with Gasteiger partial charge in [0.25, 0.3) is 0 Å². The van der Waals surface area contributed by atoms with Crippen LogP contribution in [0.4, 0.5) is 92.2 Å². The summed E-state index contributed by atoms with van der Waals surface area (Å²) in [6.07, 6.45) is -12.8. The first-order chi connectivity index (χ1) is 29.5. The van der Waals surface area contributed by atoms with E-state index in [-0.39, 0.29) is 92.3 Å². The van der Waals surface area contributed by atoms with E-state index in [9.17, 15) is 132 Å². The molecule has 1 atom stereocenters. The molecule has 1 unspecified atom stereocenters. The number of carboxylic acids is 3. The molecule has 1 fully saturated rings. The van der Waals surface area contributed by atoms with Crippen LogP contribution >= 0.6 is 0 Å². The first kappa shape index (κ1) is 64.5. The molecule has 0 aromatic rings. The first-order valence-electron chi connectivity index (χ1n) is 18.0. The Morgan fingerprint density at radius 2 is 0.776 bits per heavy atom. The largest absolute Gasteiger partial charge is 3.00 e. The summed E-state index contributed by atoms with van der Waals surface area (Å²) in [4.78, 5) is 51.1. The normalized spacial score (nSPS) is 18.1. The molecule has 0 aliphatic carbocycles. The Bertz CT molecular complexity index is 1630. The summed E-state index contributed by atoms with van der Waals surface area (Å²) < 4.78 is 289. The second-order valence-corrected chi connectivity index (χ2v) is 14.3.